The van der Waals surface area contributed by atoms with E-state index in [9.17, 15) is 18.4 Å². The van der Waals surface area contributed by atoms with Crippen LogP contribution in [0.2, 0.25) is 0 Å². The number of carboxylic acid groups (broad SMARTS) is 1. The Morgan fingerprint density at radius 2 is 2.00 bits per heavy atom. The number of hydrogen-bond donors (Lipinski definition) is 2. The molecule has 0 aliphatic carbocycles. The number of piperazine rings is 1. The average Bonchev–Trinajstić information content (AvgIpc) is 2.78. The van der Waals surface area contributed by atoms with Crippen LogP contribution in [-0.4, -0.2) is 85.2 Å². The predicted octanol–water partition coefficient (Wildman–Crippen LogP) is 2.24. The number of alkyl halides is 3. The second-order valence-corrected chi connectivity index (χ2v) is 7.97. The van der Waals surface area contributed by atoms with Crippen LogP contribution in [0.5, 0.6) is 0 Å². The summed E-state index contributed by atoms with van der Waals surface area (Å²) in [7, 11) is 0. The van der Waals surface area contributed by atoms with Gasteiger partial charge in [0.25, 0.3) is 0 Å². The molecule has 33 heavy (non-hydrogen) atoms. The van der Waals surface area contributed by atoms with Crippen molar-refractivity contribution in [3.8, 4) is 6.07 Å². The fraction of sp³-hybridized carbons (Fsp3) is 0.500. The average molecular weight is 465 g/mol. The highest BCUT2D eigenvalue weighted by Gasteiger charge is 2.38. The van der Waals surface area contributed by atoms with Crippen LogP contribution in [0, 0.1) is 11.3 Å². The zero-order valence-electron chi connectivity index (χ0n) is 18.2. The summed E-state index contributed by atoms with van der Waals surface area (Å²) in [4.78, 5) is 18.2. The number of morpholine rings is 1. The van der Waals surface area contributed by atoms with Crippen LogP contribution in [0.25, 0.3) is 10.9 Å². The van der Waals surface area contributed by atoms with Crippen LogP contribution in [0.15, 0.2) is 30.5 Å². The summed E-state index contributed by atoms with van der Waals surface area (Å²) in [5, 5.41) is 20.9. The molecule has 0 saturated carbocycles. The lowest BCUT2D eigenvalue weighted by Gasteiger charge is -2.41. The van der Waals surface area contributed by atoms with E-state index in [1.807, 2.05) is 12.1 Å². The summed E-state index contributed by atoms with van der Waals surface area (Å²) in [6.07, 6.45) is -2.96. The number of anilines is 1. The van der Waals surface area contributed by atoms with Gasteiger partial charge in [0.05, 0.1) is 23.3 Å². The van der Waals surface area contributed by atoms with Crippen LogP contribution in [-0.2, 0) is 9.53 Å². The van der Waals surface area contributed by atoms with Crippen molar-refractivity contribution in [3.05, 3.63) is 36.0 Å². The lowest BCUT2D eigenvalue weighted by Crippen LogP contribution is -2.53. The molecule has 2 aromatic rings. The molecule has 0 bridgehead atoms. The fourth-order valence-electron chi connectivity index (χ4n) is 4.05. The summed E-state index contributed by atoms with van der Waals surface area (Å²) < 4.78 is 38.0. The predicted molar refractivity (Wildman–Crippen MR) is 116 cm³/mol. The number of ether oxygens (including phenoxy) is 1. The number of carboxylic acids is 1. The molecule has 2 aliphatic heterocycles. The van der Waals surface area contributed by atoms with Crippen molar-refractivity contribution in [2.45, 2.75) is 25.3 Å². The molecule has 1 aromatic heterocycles. The van der Waals surface area contributed by atoms with Gasteiger partial charge in [-0.2, -0.15) is 18.4 Å². The molecule has 2 unspecified atom stereocenters. The van der Waals surface area contributed by atoms with Crippen molar-refractivity contribution < 1.29 is 27.8 Å². The smallest absolute Gasteiger partial charge is 0.475 e. The van der Waals surface area contributed by atoms with E-state index < -0.39 is 12.1 Å². The number of benzene rings is 1. The van der Waals surface area contributed by atoms with Gasteiger partial charge in [0, 0.05) is 63.1 Å². The molecule has 2 saturated heterocycles. The van der Waals surface area contributed by atoms with E-state index in [1.165, 1.54) is 0 Å². The van der Waals surface area contributed by atoms with Gasteiger partial charge in [-0.1, -0.05) is 0 Å². The Balaban J connectivity index is 0.000000383. The third kappa shape index (κ3) is 6.54. The lowest BCUT2D eigenvalue weighted by molar-refractivity contribution is -0.192. The van der Waals surface area contributed by atoms with Gasteiger partial charge in [-0.15, -0.1) is 0 Å². The number of hydrogen-bond acceptors (Lipinski definition) is 7. The lowest BCUT2D eigenvalue weighted by atomic mass is 10.1. The van der Waals surface area contributed by atoms with E-state index in [0.29, 0.717) is 5.56 Å². The van der Waals surface area contributed by atoms with Gasteiger partial charge < -0.3 is 20.1 Å². The number of pyridine rings is 1. The number of nitrogens with one attached hydrogen (secondary N) is 1. The molecule has 0 amide bonds. The summed E-state index contributed by atoms with van der Waals surface area (Å²) in [5.41, 5.74) is 2.56. The molecule has 0 spiro atoms. The maximum atomic E-state index is 10.6. The molecule has 8 nitrogen and oxygen atoms in total. The van der Waals surface area contributed by atoms with Crippen LogP contribution in [0.3, 0.4) is 0 Å². The number of nitriles is 1. The summed E-state index contributed by atoms with van der Waals surface area (Å²) in [5.74, 6) is -2.76. The number of fused-ring (bicyclic) bond motifs is 1. The number of aliphatic carboxylic acids is 1. The fourth-order valence-corrected chi connectivity index (χ4v) is 4.05. The molecular formula is C22H26F3N5O3. The summed E-state index contributed by atoms with van der Waals surface area (Å²) >= 11 is 0. The standard InChI is InChI=1S/C20H25N5O.C2HF3O2/c1-15-12-25(14-17(26-15)13-24-9-7-22-8-10-24)19-5-4-16(11-21)20-18(19)3-2-6-23-20;3-2(4,5)1(6)7/h2-6,15,17,22H,7-10,12-14H2,1H3;(H,6,7). The Morgan fingerprint density at radius 1 is 1.30 bits per heavy atom. The summed E-state index contributed by atoms with van der Waals surface area (Å²) in [6, 6.07) is 10.2. The topological polar surface area (TPSA) is 102 Å². The Kier molecular flexibility index (Phi) is 8.07. The molecule has 2 fully saturated rings. The van der Waals surface area contributed by atoms with Gasteiger partial charge in [-0.25, -0.2) is 4.79 Å². The van der Waals surface area contributed by atoms with Gasteiger partial charge in [0.15, 0.2) is 0 Å². The maximum absolute atomic E-state index is 10.6. The zero-order chi connectivity index (χ0) is 24.0. The third-order valence-corrected chi connectivity index (χ3v) is 5.45. The largest absolute Gasteiger partial charge is 0.490 e. The number of carbonyl (C=O) groups is 1. The van der Waals surface area contributed by atoms with Crippen LogP contribution in [0.1, 0.15) is 12.5 Å². The second-order valence-electron chi connectivity index (χ2n) is 7.97. The summed E-state index contributed by atoms with van der Waals surface area (Å²) in [6.45, 7) is 9.10. The first-order valence-corrected chi connectivity index (χ1v) is 10.6. The number of rotatable bonds is 3. The maximum Gasteiger partial charge on any atom is 0.490 e. The van der Waals surface area contributed by atoms with Crippen molar-refractivity contribution >= 4 is 22.6 Å². The highest BCUT2D eigenvalue weighted by Crippen LogP contribution is 2.30. The van der Waals surface area contributed by atoms with Crippen molar-refractivity contribution in [2.24, 2.45) is 0 Å². The van der Waals surface area contributed by atoms with Crippen LogP contribution in [0.4, 0.5) is 18.9 Å². The molecule has 2 aliphatic rings. The molecule has 4 rings (SSSR count). The third-order valence-electron chi connectivity index (χ3n) is 5.45. The molecule has 178 valence electrons. The van der Waals surface area contributed by atoms with Gasteiger partial charge in [0.2, 0.25) is 0 Å². The molecule has 1 aromatic carbocycles. The van der Waals surface area contributed by atoms with E-state index in [4.69, 9.17) is 14.6 Å². The van der Waals surface area contributed by atoms with Gasteiger partial charge in [-0.05, 0) is 31.2 Å². The second kappa shape index (κ2) is 10.8. The molecule has 0 radical (unpaired) electrons. The highest BCUT2D eigenvalue weighted by molar-refractivity contribution is 5.95. The number of nitrogens with zero attached hydrogens (tertiary/aromatic N) is 4. The Bertz CT molecular complexity index is 1000. The highest BCUT2D eigenvalue weighted by atomic mass is 19.4. The normalized spacial score (nSPS) is 21.7. The monoisotopic (exact) mass is 465 g/mol. The minimum Gasteiger partial charge on any atom is -0.475 e. The minimum atomic E-state index is -5.08. The van der Waals surface area contributed by atoms with Crippen molar-refractivity contribution in [1.82, 2.24) is 15.2 Å². The Morgan fingerprint density at radius 3 is 2.64 bits per heavy atom. The van der Waals surface area contributed by atoms with Crippen molar-refractivity contribution in [1.29, 1.82) is 5.26 Å². The van der Waals surface area contributed by atoms with Crippen LogP contribution >= 0.6 is 0 Å². The van der Waals surface area contributed by atoms with E-state index in [-0.39, 0.29) is 12.2 Å². The molecule has 2 N–H and O–H groups in total. The SMILES string of the molecule is CC1CN(c2ccc(C#N)c3ncccc23)CC(CN2CCNCC2)O1.O=C(O)C(F)(F)F. The minimum absolute atomic E-state index is 0.180. The zero-order valence-corrected chi connectivity index (χ0v) is 18.2. The first-order valence-electron chi connectivity index (χ1n) is 10.6. The first-order chi connectivity index (χ1) is 15.7. The van der Waals surface area contributed by atoms with E-state index >= 15 is 0 Å². The van der Waals surface area contributed by atoms with E-state index in [1.54, 1.807) is 6.20 Å². The van der Waals surface area contributed by atoms with E-state index in [0.717, 1.165) is 62.4 Å². The molecule has 2 atom stereocenters. The van der Waals surface area contributed by atoms with E-state index in [2.05, 4.69) is 45.2 Å². The van der Waals surface area contributed by atoms with Crippen LogP contribution < -0.4 is 10.2 Å². The number of halogens is 3. The number of aromatic nitrogens is 1. The van der Waals surface area contributed by atoms with Gasteiger partial charge >= 0.3 is 12.1 Å². The Labute approximate surface area is 189 Å². The van der Waals surface area contributed by atoms with Crippen molar-refractivity contribution in [3.63, 3.8) is 0 Å². The molecule has 11 heteroatoms. The first kappa shape index (κ1) is 24.7. The molecular weight excluding hydrogens is 439 g/mol. The Hall–Kier alpha value is -2.94. The van der Waals surface area contributed by atoms with Crippen molar-refractivity contribution in [2.75, 3.05) is 50.7 Å². The van der Waals surface area contributed by atoms with Gasteiger partial charge in [0.1, 0.15) is 6.07 Å². The quantitative estimate of drug-likeness (QED) is 0.712. The molecule has 3 heterocycles. The van der Waals surface area contributed by atoms with Gasteiger partial charge in [-0.3, -0.25) is 9.88 Å².